The lowest BCUT2D eigenvalue weighted by atomic mass is 10.1. The van der Waals surface area contributed by atoms with Gasteiger partial charge in [0.05, 0.1) is 22.3 Å². The van der Waals surface area contributed by atoms with Crippen molar-refractivity contribution >= 4 is 38.8 Å². The minimum Gasteiger partial charge on any atom is -0.356 e. The Hall–Kier alpha value is -2.57. The molecule has 0 radical (unpaired) electrons. The van der Waals surface area contributed by atoms with Gasteiger partial charge in [0.2, 0.25) is 5.91 Å². The number of benzene rings is 2. The number of nitrogens with zero attached hydrogens (tertiary/aromatic N) is 2. The van der Waals surface area contributed by atoms with E-state index in [1.807, 2.05) is 6.07 Å². The Kier molecular flexibility index (Phi) is 5.78. The average Bonchev–Trinajstić information content (AvgIpc) is 3.32. The van der Waals surface area contributed by atoms with E-state index in [9.17, 15) is 4.79 Å². The topological polar surface area (TPSA) is 54.9 Å². The summed E-state index contributed by atoms with van der Waals surface area (Å²) in [5, 5.41) is 7.15. The molecule has 0 unspecified atom stereocenters. The van der Waals surface area contributed by atoms with Gasteiger partial charge in [-0.1, -0.05) is 36.4 Å². The Morgan fingerprint density at radius 3 is 2.64 bits per heavy atom. The molecule has 1 amide bonds. The third-order valence-corrected chi connectivity index (χ3v) is 6.34. The number of hydrogen-bond donors (Lipinski definition) is 1. The van der Waals surface area contributed by atoms with Gasteiger partial charge in [-0.05, 0) is 30.5 Å². The Labute approximate surface area is 172 Å². The number of carbonyl (C=O) groups is 1. The van der Waals surface area contributed by atoms with Crippen molar-refractivity contribution in [3.8, 4) is 11.3 Å². The predicted molar refractivity (Wildman–Crippen MR) is 117 cm³/mol. The van der Waals surface area contributed by atoms with Crippen molar-refractivity contribution in [1.82, 2.24) is 15.3 Å². The fourth-order valence-electron chi connectivity index (χ4n) is 3.05. The lowest BCUT2D eigenvalue weighted by Gasteiger charge is -2.04. The van der Waals surface area contributed by atoms with E-state index in [4.69, 9.17) is 9.97 Å². The lowest BCUT2D eigenvalue weighted by Crippen LogP contribution is -2.21. The molecule has 2 heterocycles. The number of carbonyl (C=O) groups excluding carboxylic acids is 1. The minimum absolute atomic E-state index is 0.0283. The lowest BCUT2D eigenvalue weighted by molar-refractivity contribution is -0.118. The molecule has 4 rings (SSSR count). The molecule has 1 N–H and O–H groups in total. The largest absolute Gasteiger partial charge is 0.356 e. The summed E-state index contributed by atoms with van der Waals surface area (Å²) in [6.07, 6.45) is 2.69. The normalized spacial score (nSPS) is 11.0. The number of aryl methyl sites for hydroxylation is 1. The average molecular weight is 408 g/mol. The highest BCUT2D eigenvalue weighted by atomic mass is 32.1. The summed E-state index contributed by atoms with van der Waals surface area (Å²) in [7, 11) is 0. The molecule has 0 aliphatic heterocycles. The van der Waals surface area contributed by atoms with Crippen LogP contribution in [0.15, 0.2) is 53.9 Å². The monoisotopic (exact) mass is 407 g/mol. The number of thiazole rings is 2. The standard InChI is InChI=1S/C22H21N3OS2/c1-15(26)23-12-4-5-16-8-10-17(11-9-16)19-14-27-21(25-19)13-22-24-18-6-2-3-7-20(18)28-22/h2-3,6-11,14H,4-5,12-13H2,1H3,(H,23,26). The summed E-state index contributed by atoms with van der Waals surface area (Å²) in [5.41, 5.74) is 4.50. The van der Waals surface area contributed by atoms with Crippen LogP contribution >= 0.6 is 22.7 Å². The second-order valence-corrected chi connectivity index (χ2v) is 8.72. The Balaban J connectivity index is 1.38. The van der Waals surface area contributed by atoms with Crippen molar-refractivity contribution in [2.24, 2.45) is 0 Å². The van der Waals surface area contributed by atoms with E-state index in [1.54, 1.807) is 29.6 Å². The van der Waals surface area contributed by atoms with Crippen LogP contribution in [0, 0.1) is 0 Å². The summed E-state index contributed by atoms with van der Waals surface area (Å²) >= 11 is 3.43. The van der Waals surface area contributed by atoms with E-state index in [2.05, 4.69) is 53.2 Å². The molecule has 4 nitrogen and oxygen atoms in total. The van der Waals surface area contributed by atoms with Crippen molar-refractivity contribution in [2.75, 3.05) is 6.54 Å². The maximum atomic E-state index is 10.9. The van der Waals surface area contributed by atoms with E-state index in [1.165, 1.54) is 10.3 Å². The number of para-hydroxylation sites is 1. The van der Waals surface area contributed by atoms with Crippen molar-refractivity contribution in [2.45, 2.75) is 26.2 Å². The van der Waals surface area contributed by atoms with Gasteiger partial charge < -0.3 is 5.32 Å². The summed E-state index contributed by atoms with van der Waals surface area (Å²) in [5.74, 6) is 0.0283. The quantitative estimate of drug-likeness (QED) is 0.435. The van der Waals surface area contributed by atoms with Gasteiger partial charge in [-0.15, -0.1) is 22.7 Å². The SMILES string of the molecule is CC(=O)NCCCc1ccc(-c2csc(Cc3nc4ccccc4s3)n2)cc1. The summed E-state index contributed by atoms with van der Waals surface area (Å²) < 4.78 is 1.23. The zero-order valence-electron chi connectivity index (χ0n) is 15.6. The third-order valence-electron chi connectivity index (χ3n) is 4.46. The molecular weight excluding hydrogens is 386 g/mol. The first-order chi connectivity index (χ1) is 13.7. The number of amides is 1. The van der Waals surface area contributed by atoms with Crippen LogP contribution in [-0.4, -0.2) is 22.4 Å². The molecule has 6 heteroatoms. The summed E-state index contributed by atoms with van der Waals surface area (Å²) in [4.78, 5) is 20.4. The van der Waals surface area contributed by atoms with Gasteiger partial charge in [0, 0.05) is 24.4 Å². The van der Waals surface area contributed by atoms with Crippen LogP contribution in [0.5, 0.6) is 0 Å². The Morgan fingerprint density at radius 2 is 1.86 bits per heavy atom. The van der Waals surface area contributed by atoms with Crippen molar-refractivity contribution in [1.29, 1.82) is 0 Å². The van der Waals surface area contributed by atoms with Gasteiger partial charge in [0.1, 0.15) is 10.0 Å². The van der Waals surface area contributed by atoms with Crippen LogP contribution in [-0.2, 0) is 17.6 Å². The molecular formula is C22H21N3OS2. The fraction of sp³-hybridized carbons (Fsp3) is 0.227. The van der Waals surface area contributed by atoms with Crippen LogP contribution in [0.4, 0.5) is 0 Å². The maximum Gasteiger partial charge on any atom is 0.216 e. The molecule has 28 heavy (non-hydrogen) atoms. The molecule has 2 aromatic heterocycles. The van der Waals surface area contributed by atoms with Crippen LogP contribution in [0.1, 0.15) is 28.9 Å². The van der Waals surface area contributed by atoms with Crippen molar-refractivity contribution in [3.05, 3.63) is 69.5 Å². The molecule has 0 fully saturated rings. The zero-order chi connectivity index (χ0) is 19.3. The van der Waals surface area contributed by atoms with Gasteiger partial charge in [0.15, 0.2) is 0 Å². The van der Waals surface area contributed by atoms with Crippen molar-refractivity contribution in [3.63, 3.8) is 0 Å². The van der Waals surface area contributed by atoms with E-state index < -0.39 is 0 Å². The van der Waals surface area contributed by atoms with Gasteiger partial charge in [0.25, 0.3) is 0 Å². The number of rotatable bonds is 7. The molecule has 0 aliphatic rings. The van der Waals surface area contributed by atoms with E-state index >= 15 is 0 Å². The number of hydrogen-bond acceptors (Lipinski definition) is 5. The highest BCUT2D eigenvalue weighted by Crippen LogP contribution is 2.27. The van der Waals surface area contributed by atoms with E-state index in [0.29, 0.717) is 0 Å². The molecule has 0 atom stereocenters. The van der Waals surface area contributed by atoms with E-state index in [-0.39, 0.29) is 5.91 Å². The second kappa shape index (κ2) is 8.63. The molecule has 4 aromatic rings. The van der Waals surface area contributed by atoms with Gasteiger partial charge >= 0.3 is 0 Å². The predicted octanol–water partition coefficient (Wildman–Crippen LogP) is 5.08. The Morgan fingerprint density at radius 1 is 1.04 bits per heavy atom. The number of aromatic nitrogens is 2. The highest BCUT2D eigenvalue weighted by Gasteiger charge is 2.09. The fourth-order valence-corrected chi connectivity index (χ4v) is 4.92. The first kappa shape index (κ1) is 18.8. The number of fused-ring (bicyclic) bond motifs is 1. The molecule has 2 aromatic carbocycles. The van der Waals surface area contributed by atoms with Gasteiger partial charge in [-0.3, -0.25) is 4.79 Å². The molecule has 0 saturated carbocycles. The maximum absolute atomic E-state index is 10.9. The van der Waals surface area contributed by atoms with Gasteiger partial charge in [-0.25, -0.2) is 9.97 Å². The first-order valence-corrected chi connectivity index (χ1v) is 11.0. The Bertz CT molecular complexity index is 1050. The molecule has 0 spiro atoms. The molecule has 142 valence electrons. The van der Waals surface area contributed by atoms with Crippen LogP contribution in [0.25, 0.3) is 21.5 Å². The molecule has 0 bridgehead atoms. The minimum atomic E-state index is 0.0283. The summed E-state index contributed by atoms with van der Waals surface area (Å²) in [6, 6.07) is 16.8. The van der Waals surface area contributed by atoms with Crippen molar-refractivity contribution < 1.29 is 4.79 Å². The molecule has 0 aliphatic carbocycles. The van der Waals surface area contributed by atoms with Crippen LogP contribution in [0.2, 0.25) is 0 Å². The zero-order valence-corrected chi connectivity index (χ0v) is 17.3. The van der Waals surface area contributed by atoms with Crippen LogP contribution < -0.4 is 5.32 Å². The second-order valence-electron chi connectivity index (χ2n) is 6.66. The molecule has 0 saturated heterocycles. The van der Waals surface area contributed by atoms with E-state index in [0.717, 1.165) is 52.6 Å². The van der Waals surface area contributed by atoms with Gasteiger partial charge in [-0.2, -0.15) is 0 Å². The highest BCUT2D eigenvalue weighted by molar-refractivity contribution is 7.18. The third kappa shape index (κ3) is 4.64. The smallest absolute Gasteiger partial charge is 0.216 e. The number of nitrogens with one attached hydrogen (secondary N) is 1. The van der Waals surface area contributed by atoms with Crippen LogP contribution in [0.3, 0.4) is 0 Å². The first-order valence-electron chi connectivity index (χ1n) is 9.30. The summed E-state index contributed by atoms with van der Waals surface area (Å²) in [6.45, 7) is 2.27.